The van der Waals surface area contributed by atoms with Crippen molar-refractivity contribution in [1.82, 2.24) is 5.32 Å². The zero-order chi connectivity index (χ0) is 13.5. The average molecular weight is 270 g/mol. The van der Waals surface area contributed by atoms with Crippen LogP contribution in [0, 0.1) is 0 Å². The number of carbonyl (C=O) groups excluding carboxylic acids is 1. The summed E-state index contributed by atoms with van der Waals surface area (Å²) in [5.41, 5.74) is 0.674. The van der Waals surface area contributed by atoms with Crippen LogP contribution >= 0.6 is 11.6 Å². The van der Waals surface area contributed by atoms with E-state index < -0.39 is 18.0 Å². The quantitative estimate of drug-likeness (QED) is 0.694. The molecule has 0 saturated carbocycles. The Labute approximate surface area is 109 Å². The van der Waals surface area contributed by atoms with Crippen LogP contribution in [-0.2, 0) is 9.59 Å². The first-order chi connectivity index (χ1) is 8.50. The fraction of sp³-hybridized carbons (Fsp3) is 0.167. The number of aliphatic hydroxyl groups is 1. The number of hydrogen-bond donors (Lipinski definition) is 3. The van der Waals surface area contributed by atoms with Gasteiger partial charge in [0.25, 0.3) is 0 Å². The summed E-state index contributed by atoms with van der Waals surface area (Å²) < 4.78 is 0. The maximum atomic E-state index is 11.3. The maximum Gasteiger partial charge on any atom is 0.334 e. The van der Waals surface area contributed by atoms with E-state index in [9.17, 15) is 9.59 Å². The smallest absolute Gasteiger partial charge is 0.334 e. The number of rotatable bonds is 5. The second-order valence-electron chi connectivity index (χ2n) is 3.45. The summed E-state index contributed by atoms with van der Waals surface area (Å²) in [6, 6.07) is 6.96. The number of benzene rings is 1. The van der Waals surface area contributed by atoms with Gasteiger partial charge in [-0.05, 0) is 17.7 Å². The van der Waals surface area contributed by atoms with Crippen molar-refractivity contribution in [2.45, 2.75) is 6.10 Å². The first kappa shape index (κ1) is 14.2. The van der Waals surface area contributed by atoms with E-state index in [2.05, 4.69) is 5.32 Å². The predicted molar refractivity (Wildman–Crippen MR) is 67.1 cm³/mol. The molecule has 0 aliphatic rings. The molecule has 6 heteroatoms. The number of carboxylic acid groups (broad SMARTS) is 1. The lowest BCUT2D eigenvalue weighted by atomic mass is 10.2. The van der Waals surface area contributed by atoms with Gasteiger partial charge in [-0.15, -0.1) is 0 Å². The van der Waals surface area contributed by atoms with E-state index in [-0.39, 0.29) is 6.54 Å². The van der Waals surface area contributed by atoms with Crippen molar-refractivity contribution in [2.24, 2.45) is 0 Å². The fourth-order valence-electron chi connectivity index (χ4n) is 1.12. The number of aliphatic hydroxyl groups excluding tert-OH is 1. The first-order valence-electron chi connectivity index (χ1n) is 5.12. The third-order valence-corrected chi connectivity index (χ3v) is 2.42. The van der Waals surface area contributed by atoms with Crippen LogP contribution in [0.3, 0.4) is 0 Å². The number of hydrogen-bond acceptors (Lipinski definition) is 3. The molecular weight excluding hydrogens is 258 g/mol. The van der Waals surface area contributed by atoms with Gasteiger partial charge in [0.15, 0.2) is 6.10 Å². The Balaban J connectivity index is 2.50. The zero-order valence-corrected chi connectivity index (χ0v) is 10.1. The van der Waals surface area contributed by atoms with Gasteiger partial charge >= 0.3 is 5.97 Å². The highest BCUT2D eigenvalue weighted by molar-refractivity contribution is 6.32. The molecule has 1 atom stereocenters. The Kier molecular flexibility index (Phi) is 5.35. The lowest BCUT2D eigenvalue weighted by Crippen LogP contribution is -2.35. The number of aliphatic carboxylic acids is 1. The van der Waals surface area contributed by atoms with Crippen molar-refractivity contribution in [2.75, 3.05) is 6.54 Å². The normalized spacial score (nSPS) is 12.3. The molecule has 1 aromatic rings. The lowest BCUT2D eigenvalue weighted by Gasteiger charge is -2.05. The highest BCUT2D eigenvalue weighted by atomic mass is 35.5. The monoisotopic (exact) mass is 269 g/mol. The summed E-state index contributed by atoms with van der Waals surface area (Å²) >= 11 is 5.88. The van der Waals surface area contributed by atoms with Crippen molar-refractivity contribution >= 4 is 29.6 Å². The Morgan fingerprint density at radius 2 is 2.06 bits per heavy atom. The highest BCUT2D eigenvalue weighted by Gasteiger charge is 2.12. The van der Waals surface area contributed by atoms with Gasteiger partial charge in [0.1, 0.15) is 0 Å². The molecule has 0 bridgehead atoms. The third kappa shape index (κ3) is 4.57. The van der Waals surface area contributed by atoms with Crippen LogP contribution in [0.15, 0.2) is 30.3 Å². The molecule has 0 heterocycles. The molecule has 0 radical (unpaired) electrons. The molecule has 5 nitrogen and oxygen atoms in total. The molecule has 0 saturated heterocycles. The molecule has 1 aromatic carbocycles. The van der Waals surface area contributed by atoms with Crippen LogP contribution in [0.1, 0.15) is 5.56 Å². The molecule has 1 unspecified atom stereocenters. The Morgan fingerprint density at radius 1 is 1.39 bits per heavy atom. The minimum Gasteiger partial charge on any atom is -0.479 e. The molecule has 0 fully saturated rings. The molecule has 96 valence electrons. The largest absolute Gasteiger partial charge is 0.479 e. The van der Waals surface area contributed by atoms with E-state index in [0.717, 1.165) is 0 Å². The van der Waals surface area contributed by atoms with Crippen molar-refractivity contribution in [3.63, 3.8) is 0 Å². The minimum atomic E-state index is -1.61. The Bertz CT molecular complexity index is 473. The van der Waals surface area contributed by atoms with Gasteiger partial charge in [-0.2, -0.15) is 0 Å². The van der Waals surface area contributed by atoms with Crippen molar-refractivity contribution in [3.05, 3.63) is 40.9 Å². The summed E-state index contributed by atoms with van der Waals surface area (Å²) in [6.45, 7) is -0.346. The SMILES string of the molecule is O=C(C=Cc1ccccc1Cl)NCC(O)C(=O)O. The van der Waals surface area contributed by atoms with Gasteiger partial charge < -0.3 is 15.5 Å². The predicted octanol–water partition coefficient (Wildman–Crippen LogP) is 0.915. The third-order valence-electron chi connectivity index (χ3n) is 2.07. The van der Waals surface area contributed by atoms with Gasteiger partial charge in [-0.3, -0.25) is 4.79 Å². The molecular formula is C12H12ClNO4. The van der Waals surface area contributed by atoms with E-state index >= 15 is 0 Å². The number of carbonyl (C=O) groups is 2. The van der Waals surface area contributed by atoms with E-state index in [1.54, 1.807) is 24.3 Å². The average Bonchev–Trinajstić information content (AvgIpc) is 2.34. The van der Waals surface area contributed by atoms with Crippen molar-refractivity contribution in [1.29, 1.82) is 0 Å². The molecule has 1 rings (SSSR count). The van der Waals surface area contributed by atoms with Gasteiger partial charge in [-0.25, -0.2) is 4.79 Å². The molecule has 0 aromatic heterocycles. The second kappa shape index (κ2) is 6.78. The van der Waals surface area contributed by atoms with E-state index in [0.29, 0.717) is 10.6 Å². The van der Waals surface area contributed by atoms with Crippen molar-refractivity contribution < 1.29 is 19.8 Å². The summed E-state index contributed by atoms with van der Waals surface area (Å²) in [7, 11) is 0. The number of halogens is 1. The van der Waals surface area contributed by atoms with E-state index in [1.807, 2.05) is 0 Å². The number of amides is 1. The number of nitrogens with one attached hydrogen (secondary N) is 1. The lowest BCUT2D eigenvalue weighted by molar-refractivity contribution is -0.146. The highest BCUT2D eigenvalue weighted by Crippen LogP contribution is 2.15. The maximum absolute atomic E-state index is 11.3. The summed E-state index contributed by atoms with van der Waals surface area (Å²) in [5, 5.41) is 20.1. The van der Waals surface area contributed by atoms with Crippen molar-refractivity contribution in [3.8, 4) is 0 Å². The summed E-state index contributed by atoms with van der Waals surface area (Å²) in [6.07, 6.45) is 1.11. The van der Waals surface area contributed by atoms with Crippen LogP contribution in [0.5, 0.6) is 0 Å². The molecule has 18 heavy (non-hydrogen) atoms. The van der Waals surface area contributed by atoms with E-state index in [4.69, 9.17) is 21.8 Å². The minimum absolute atomic E-state index is 0.346. The molecule has 0 aliphatic heterocycles. The molecule has 0 spiro atoms. The van der Waals surface area contributed by atoms with Crippen LogP contribution in [0.2, 0.25) is 5.02 Å². The zero-order valence-electron chi connectivity index (χ0n) is 9.34. The first-order valence-corrected chi connectivity index (χ1v) is 5.50. The fourth-order valence-corrected chi connectivity index (χ4v) is 1.32. The van der Waals surface area contributed by atoms with Gasteiger partial charge in [0.2, 0.25) is 5.91 Å². The van der Waals surface area contributed by atoms with Crippen LogP contribution in [0.25, 0.3) is 6.08 Å². The Morgan fingerprint density at radius 3 is 2.67 bits per heavy atom. The molecule has 3 N–H and O–H groups in total. The Hall–Kier alpha value is -1.85. The van der Waals surface area contributed by atoms with Crippen LogP contribution < -0.4 is 5.32 Å². The number of carboxylic acids is 1. The summed E-state index contributed by atoms with van der Waals surface area (Å²) in [4.78, 5) is 21.6. The summed E-state index contributed by atoms with van der Waals surface area (Å²) in [5.74, 6) is -1.89. The van der Waals surface area contributed by atoms with Gasteiger partial charge in [0, 0.05) is 11.1 Å². The van der Waals surface area contributed by atoms with Gasteiger partial charge in [-0.1, -0.05) is 29.8 Å². The standard InChI is InChI=1S/C12H12ClNO4/c13-9-4-2-1-3-8(9)5-6-11(16)14-7-10(15)12(17)18/h1-6,10,15H,7H2,(H,14,16)(H,17,18). The topological polar surface area (TPSA) is 86.6 Å². The molecule has 1 amide bonds. The van der Waals surface area contributed by atoms with Crippen LogP contribution in [0.4, 0.5) is 0 Å². The van der Waals surface area contributed by atoms with Crippen LogP contribution in [-0.4, -0.2) is 34.7 Å². The van der Waals surface area contributed by atoms with Gasteiger partial charge in [0.05, 0.1) is 6.54 Å². The van der Waals surface area contributed by atoms with E-state index in [1.165, 1.54) is 12.2 Å². The molecule has 0 aliphatic carbocycles. The second-order valence-corrected chi connectivity index (χ2v) is 3.86.